The van der Waals surface area contributed by atoms with E-state index in [2.05, 4.69) is 10.3 Å². The van der Waals surface area contributed by atoms with Crippen molar-refractivity contribution in [3.8, 4) is 5.75 Å². The molecule has 1 aromatic carbocycles. The lowest BCUT2D eigenvalue weighted by atomic mass is 9.76. The number of hydrogen-bond donors (Lipinski definition) is 2. The summed E-state index contributed by atoms with van der Waals surface area (Å²) in [5, 5.41) is 3.27. The van der Waals surface area contributed by atoms with Gasteiger partial charge >= 0.3 is 5.69 Å². The number of Topliss-reactive ketones (excluding diaryl/α,β-unsaturated/α-hetero) is 1. The third-order valence-electron chi connectivity index (χ3n) is 5.51. The zero-order valence-electron chi connectivity index (χ0n) is 16.7. The average molecular weight is 395 g/mol. The summed E-state index contributed by atoms with van der Waals surface area (Å²) in [4.78, 5) is 40.7. The number of nitrogens with one attached hydrogen (secondary N) is 2. The van der Waals surface area contributed by atoms with Gasteiger partial charge in [0.25, 0.3) is 5.56 Å². The molecule has 0 spiro atoms. The van der Waals surface area contributed by atoms with Crippen LogP contribution in [0, 0.1) is 0 Å². The van der Waals surface area contributed by atoms with E-state index in [9.17, 15) is 14.4 Å². The van der Waals surface area contributed by atoms with E-state index in [-0.39, 0.29) is 5.78 Å². The zero-order chi connectivity index (χ0) is 20.5. The lowest BCUT2D eigenvalue weighted by molar-refractivity contribution is -0.116. The van der Waals surface area contributed by atoms with E-state index in [0.29, 0.717) is 36.5 Å². The van der Waals surface area contributed by atoms with E-state index in [0.717, 1.165) is 36.3 Å². The van der Waals surface area contributed by atoms with E-state index in [1.165, 1.54) is 0 Å². The molecule has 1 aliphatic heterocycles. The Morgan fingerprint density at radius 1 is 1.10 bits per heavy atom. The molecule has 0 saturated heterocycles. The van der Waals surface area contributed by atoms with Gasteiger partial charge in [0, 0.05) is 30.2 Å². The number of hydrogen-bond acceptors (Lipinski definition) is 5. The highest BCUT2D eigenvalue weighted by Crippen LogP contribution is 2.43. The highest BCUT2D eigenvalue weighted by atomic mass is 16.5. The standard InChI is InChI=1S/C22H25N3O4/c1-3-12-25-20-19(21(27)24-22(25)28)17(13-8-10-14(11-9-13)29-4-2)18-15(23-20)6-5-7-16(18)26/h8-11,17,23H,3-7,12H2,1-2H3,(H,24,27,28)/t17-/m1/s1. The van der Waals surface area contributed by atoms with E-state index in [1.54, 1.807) is 4.57 Å². The van der Waals surface area contributed by atoms with Gasteiger partial charge in [-0.2, -0.15) is 0 Å². The predicted octanol–water partition coefficient (Wildman–Crippen LogP) is 2.91. The third-order valence-corrected chi connectivity index (χ3v) is 5.51. The normalized spacial score (nSPS) is 18.1. The maximum Gasteiger partial charge on any atom is 0.329 e. The Morgan fingerprint density at radius 2 is 1.86 bits per heavy atom. The van der Waals surface area contributed by atoms with Crippen molar-refractivity contribution in [1.82, 2.24) is 9.55 Å². The lowest BCUT2D eigenvalue weighted by Crippen LogP contribution is -2.40. The number of carbonyl (C=O) groups excluding carboxylic acids is 1. The first kappa shape index (κ1) is 19.2. The lowest BCUT2D eigenvalue weighted by Gasteiger charge is -2.34. The minimum Gasteiger partial charge on any atom is -0.494 e. The van der Waals surface area contributed by atoms with Gasteiger partial charge in [-0.15, -0.1) is 0 Å². The van der Waals surface area contributed by atoms with E-state index < -0.39 is 17.2 Å². The quantitative estimate of drug-likeness (QED) is 0.812. The summed E-state index contributed by atoms with van der Waals surface area (Å²) in [6.07, 6.45) is 2.70. The summed E-state index contributed by atoms with van der Waals surface area (Å²) in [6, 6.07) is 7.49. The van der Waals surface area contributed by atoms with Crippen LogP contribution >= 0.6 is 0 Å². The van der Waals surface area contributed by atoms with Gasteiger partial charge in [-0.05, 0) is 43.9 Å². The molecular weight excluding hydrogens is 370 g/mol. The van der Waals surface area contributed by atoms with Gasteiger partial charge in [-0.3, -0.25) is 19.1 Å². The van der Waals surface area contributed by atoms with Crippen molar-refractivity contribution in [2.75, 3.05) is 11.9 Å². The van der Waals surface area contributed by atoms with E-state index >= 15 is 0 Å². The van der Waals surface area contributed by atoms with Gasteiger partial charge in [-0.1, -0.05) is 19.1 Å². The zero-order valence-corrected chi connectivity index (χ0v) is 16.7. The monoisotopic (exact) mass is 395 g/mol. The first-order chi connectivity index (χ1) is 14.0. The molecule has 2 aliphatic rings. The van der Waals surface area contributed by atoms with Crippen LogP contribution in [0.3, 0.4) is 0 Å². The Hall–Kier alpha value is -3.09. The largest absolute Gasteiger partial charge is 0.494 e. The summed E-state index contributed by atoms with van der Waals surface area (Å²) in [7, 11) is 0. The molecular formula is C22H25N3O4. The minimum absolute atomic E-state index is 0.0518. The van der Waals surface area contributed by atoms with Crippen LogP contribution in [-0.2, 0) is 11.3 Å². The Balaban J connectivity index is 1.96. The summed E-state index contributed by atoms with van der Waals surface area (Å²) in [5.41, 5.74) is 1.85. The molecule has 1 aliphatic carbocycles. The molecule has 29 heavy (non-hydrogen) atoms. The Morgan fingerprint density at radius 3 is 2.55 bits per heavy atom. The molecule has 0 unspecified atom stereocenters. The Bertz CT molecular complexity index is 1090. The number of ketones is 1. The SMILES string of the molecule is CCCn1c2c(c(=O)[nH]c1=O)[C@H](c1ccc(OCC)cc1)C1=C(CCCC1=O)N2. The molecule has 4 rings (SSSR count). The van der Waals surface area contributed by atoms with Gasteiger partial charge in [0.1, 0.15) is 11.6 Å². The molecule has 7 nitrogen and oxygen atoms in total. The molecule has 2 aromatic rings. The highest BCUT2D eigenvalue weighted by molar-refractivity contribution is 6.00. The maximum atomic E-state index is 12.9. The molecule has 0 bridgehead atoms. The van der Waals surface area contributed by atoms with Crippen LogP contribution in [0.25, 0.3) is 0 Å². The second-order valence-corrected chi connectivity index (χ2v) is 7.40. The number of carbonyl (C=O) groups is 1. The summed E-state index contributed by atoms with van der Waals surface area (Å²) < 4.78 is 7.10. The van der Waals surface area contributed by atoms with Crippen LogP contribution in [0.1, 0.15) is 56.6 Å². The maximum absolute atomic E-state index is 12.9. The highest BCUT2D eigenvalue weighted by Gasteiger charge is 2.38. The van der Waals surface area contributed by atoms with Crippen LogP contribution in [0.5, 0.6) is 5.75 Å². The molecule has 1 aromatic heterocycles. The molecule has 152 valence electrons. The minimum atomic E-state index is -0.503. The van der Waals surface area contributed by atoms with Gasteiger partial charge in [0.15, 0.2) is 5.78 Å². The molecule has 2 heterocycles. The summed E-state index contributed by atoms with van der Waals surface area (Å²) >= 11 is 0. The molecule has 7 heteroatoms. The fourth-order valence-corrected chi connectivity index (χ4v) is 4.30. The van der Waals surface area contributed by atoms with Crippen LogP contribution in [0.2, 0.25) is 0 Å². The number of fused-ring (bicyclic) bond motifs is 1. The number of aromatic nitrogens is 2. The summed E-state index contributed by atoms with van der Waals surface area (Å²) in [6.45, 7) is 4.94. The number of H-pyrrole nitrogens is 1. The Kier molecular flexibility index (Phi) is 5.13. The van der Waals surface area contributed by atoms with Crippen molar-refractivity contribution < 1.29 is 9.53 Å². The van der Waals surface area contributed by atoms with Gasteiger partial charge in [-0.25, -0.2) is 4.79 Å². The van der Waals surface area contributed by atoms with Crippen LogP contribution in [0.15, 0.2) is 45.1 Å². The predicted molar refractivity (Wildman–Crippen MR) is 111 cm³/mol. The van der Waals surface area contributed by atoms with Gasteiger partial charge < -0.3 is 10.1 Å². The molecule has 0 radical (unpaired) electrons. The fourth-order valence-electron chi connectivity index (χ4n) is 4.30. The third kappa shape index (κ3) is 3.30. The summed E-state index contributed by atoms with van der Waals surface area (Å²) in [5.74, 6) is 0.792. The van der Waals surface area contributed by atoms with Crippen LogP contribution in [0.4, 0.5) is 5.82 Å². The van der Waals surface area contributed by atoms with Crippen molar-refractivity contribution in [3.05, 3.63) is 67.5 Å². The van der Waals surface area contributed by atoms with E-state index in [4.69, 9.17) is 4.74 Å². The second-order valence-electron chi connectivity index (χ2n) is 7.40. The number of ether oxygens (including phenoxy) is 1. The van der Waals surface area contributed by atoms with Crippen LogP contribution < -0.4 is 21.3 Å². The van der Waals surface area contributed by atoms with Crippen molar-refractivity contribution in [1.29, 1.82) is 0 Å². The number of allylic oxidation sites excluding steroid dienone is 2. The number of rotatable bonds is 5. The second kappa shape index (κ2) is 7.73. The molecule has 1 atom stereocenters. The smallest absolute Gasteiger partial charge is 0.329 e. The van der Waals surface area contributed by atoms with Gasteiger partial charge in [0.2, 0.25) is 0 Å². The Labute approximate surface area is 168 Å². The van der Waals surface area contributed by atoms with E-state index in [1.807, 2.05) is 38.1 Å². The topological polar surface area (TPSA) is 93.2 Å². The molecule has 2 N–H and O–H groups in total. The van der Waals surface area contributed by atoms with Crippen molar-refractivity contribution in [3.63, 3.8) is 0 Å². The average Bonchev–Trinajstić information content (AvgIpc) is 2.71. The number of aromatic amines is 1. The van der Waals surface area contributed by atoms with Crippen molar-refractivity contribution in [2.45, 2.75) is 52.0 Å². The first-order valence-corrected chi connectivity index (χ1v) is 10.2. The number of benzene rings is 1. The van der Waals surface area contributed by atoms with Crippen molar-refractivity contribution in [2.24, 2.45) is 0 Å². The number of nitrogens with zero attached hydrogens (tertiary/aromatic N) is 1. The first-order valence-electron chi connectivity index (χ1n) is 10.2. The molecule has 0 amide bonds. The van der Waals surface area contributed by atoms with Crippen molar-refractivity contribution >= 4 is 11.6 Å². The number of anilines is 1. The fraction of sp³-hybridized carbons (Fsp3) is 0.409. The van der Waals surface area contributed by atoms with Crippen LogP contribution in [-0.4, -0.2) is 21.9 Å². The van der Waals surface area contributed by atoms with Gasteiger partial charge in [0.05, 0.1) is 12.2 Å². The molecule has 0 fully saturated rings. The molecule has 0 saturated carbocycles.